The Morgan fingerprint density at radius 2 is 1.76 bits per heavy atom. The van der Waals surface area contributed by atoms with Crippen molar-refractivity contribution >= 4 is 11.6 Å². The van der Waals surface area contributed by atoms with Crippen LogP contribution in [0.4, 0.5) is 5.69 Å². The largest absolute Gasteiger partial charge is 0.307 e. The molecule has 0 radical (unpaired) electrons. The number of anilines is 1. The highest BCUT2D eigenvalue weighted by atomic mass is 16.2. The van der Waals surface area contributed by atoms with Crippen LogP contribution in [0.25, 0.3) is 0 Å². The Morgan fingerprint density at radius 3 is 2.39 bits per heavy atom. The summed E-state index contributed by atoms with van der Waals surface area (Å²) in [6.07, 6.45) is 6.96. The van der Waals surface area contributed by atoms with Crippen LogP contribution in [0.2, 0.25) is 0 Å². The van der Waals surface area contributed by atoms with Gasteiger partial charge in [0.15, 0.2) is 0 Å². The van der Waals surface area contributed by atoms with Gasteiger partial charge in [-0.3, -0.25) is 9.48 Å². The Labute approximate surface area is 198 Å². The Balaban J connectivity index is 1.71. The molecule has 1 aliphatic carbocycles. The highest BCUT2D eigenvalue weighted by molar-refractivity contribution is 5.98. The van der Waals surface area contributed by atoms with E-state index in [1.165, 1.54) is 22.3 Å². The van der Waals surface area contributed by atoms with Crippen LogP contribution in [-0.2, 0) is 24.3 Å². The number of fused-ring (bicyclic) bond motifs is 1. The summed E-state index contributed by atoms with van der Waals surface area (Å²) >= 11 is 0. The van der Waals surface area contributed by atoms with E-state index in [-0.39, 0.29) is 11.8 Å². The van der Waals surface area contributed by atoms with Crippen molar-refractivity contribution in [3.8, 4) is 0 Å². The van der Waals surface area contributed by atoms with Gasteiger partial charge >= 0.3 is 0 Å². The van der Waals surface area contributed by atoms with E-state index in [0.29, 0.717) is 18.4 Å². The molecular weight excluding hydrogens is 406 g/mol. The maximum Gasteiger partial charge on any atom is 0.234 e. The molecule has 1 unspecified atom stereocenters. The standard InChI is InChI=1S/C29H37N3O/c1-6-31-18-22(17-30-31)19-32(26-14-12-23(13-15-26)20(2)3)29(33)27-9-7-8-24-10-11-25(21(4)5)16-28(24)27/h10-18,20-21,27H,6-9,19H2,1-5H3. The monoisotopic (exact) mass is 443 g/mol. The van der Waals surface area contributed by atoms with Gasteiger partial charge in [0.2, 0.25) is 5.91 Å². The van der Waals surface area contributed by atoms with Crippen molar-refractivity contribution in [3.63, 3.8) is 0 Å². The molecular formula is C29H37N3O. The number of aryl methyl sites for hydroxylation is 2. The molecule has 0 spiro atoms. The lowest BCUT2D eigenvalue weighted by Gasteiger charge is -2.31. The Kier molecular flexibility index (Phi) is 7.02. The lowest BCUT2D eigenvalue weighted by atomic mass is 9.80. The van der Waals surface area contributed by atoms with Gasteiger partial charge in [-0.25, -0.2) is 0 Å². The van der Waals surface area contributed by atoms with Gasteiger partial charge in [0.05, 0.1) is 18.7 Å². The van der Waals surface area contributed by atoms with Crippen LogP contribution in [0.1, 0.15) is 93.0 Å². The molecule has 1 amide bonds. The molecule has 0 saturated heterocycles. The molecule has 2 aromatic carbocycles. The normalized spacial score (nSPS) is 15.7. The molecule has 0 N–H and O–H groups in total. The molecule has 1 aliphatic rings. The van der Waals surface area contributed by atoms with Crippen LogP contribution < -0.4 is 4.90 Å². The number of amides is 1. The molecule has 4 heteroatoms. The van der Waals surface area contributed by atoms with Gasteiger partial charge in [-0.1, -0.05) is 58.0 Å². The van der Waals surface area contributed by atoms with E-state index < -0.39 is 0 Å². The van der Waals surface area contributed by atoms with E-state index in [1.54, 1.807) is 0 Å². The average Bonchev–Trinajstić information content (AvgIpc) is 3.29. The molecule has 3 aromatic rings. The summed E-state index contributed by atoms with van der Waals surface area (Å²) in [4.78, 5) is 16.1. The Hall–Kier alpha value is -2.88. The van der Waals surface area contributed by atoms with Crippen molar-refractivity contribution in [3.05, 3.63) is 82.7 Å². The summed E-state index contributed by atoms with van der Waals surface area (Å²) in [6, 6.07) is 15.3. The van der Waals surface area contributed by atoms with Crippen molar-refractivity contribution in [2.45, 2.75) is 84.7 Å². The van der Waals surface area contributed by atoms with E-state index in [9.17, 15) is 4.79 Å². The van der Waals surface area contributed by atoms with Gasteiger partial charge in [0.1, 0.15) is 0 Å². The van der Waals surface area contributed by atoms with Crippen molar-refractivity contribution in [2.24, 2.45) is 0 Å². The zero-order valence-electron chi connectivity index (χ0n) is 20.7. The van der Waals surface area contributed by atoms with Crippen molar-refractivity contribution in [1.82, 2.24) is 9.78 Å². The van der Waals surface area contributed by atoms with E-state index in [4.69, 9.17) is 0 Å². The number of hydrogen-bond donors (Lipinski definition) is 0. The van der Waals surface area contributed by atoms with Crippen molar-refractivity contribution < 1.29 is 4.79 Å². The predicted molar refractivity (Wildman–Crippen MR) is 136 cm³/mol. The third kappa shape index (κ3) is 5.05. The summed E-state index contributed by atoms with van der Waals surface area (Å²) in [5, 5.41) is 4.44. The second-order valence-electron chi connectivity index (χ2n) is 9.93. The Morgan fingerprint density at radius 1 is 1.06 bits per heavy atom. The van der Waals surface area contributed by atoms with Crippen LogP contribution >= 0.6 is 0 Å². The molecule has 1 heterocycles. The molecule has 0 bridgehead atoms. The van der Waals surface area contributed by atoms with Crippen LogP contribution in [0.3, 0.4) is 0 Å². The number of rotatable bonds is 7. The minimum atomic E-state index is -0.0987. The van der Waals surface area contributed by atoms with E-state index in [2.05, 4.69) is 88.4 Å². The molecule has 0 aliphatic heterocycles. The van der Waals surface area contributed by atoms with Crippen molar-refractivity contribution in [2.75, 3.05) is 4.90 Å². The first kappa shape index (κ1) is 23.3. The first-order valence-electron chi connectivity index (χ1n) is 12.4. The van der Waals surface area contributed by atoms with Gasteiger partial charge in [0, 0.05) is 24.0 Å². The third-order valence-corrected chi connectivity index (χ3v) is 6.94. The average molecular weight is 444 g/mol. The van der Waals surface area contributed by atoms with Crippen LogP contribution in [-0.4, -0.2) is 15.7 Å². The van der Waals surface area contributed by atoms with Crippen LogP contribution in [0, 0.1) is 0 Å². The lowest BCUT2D eigenvalue weighted by molar-refractivity contribution is -0.120. The van der Waals surface area contributed by atoms with E-state index >= 15 is 0 Å². The first-order valence-corrected chi connectivity index (χ1v) is 12.4. The second kappa shape index (κ2) is 9.94. The smallest absolute Gasteiger partial charge is 0.234 e. The highest BCUT2D eigenvalue weighted by Crippen LogP contribution is 2.36. The minimum Gasteiger partial charge on any atom is -0.307 e. The predicted octanol–water partition coefficient (Wildman–Crippen LogP) is 6.80. The summed E-state index contributed by atoms with van der Waals surface area (Å²) in [5.41, 5.74) is 7.18. The molecule has 0 saturated carbocycles. The van der Waals surface area contributed by atoms with Crippen molar-refractivity contribution in [1.29, 1.82) is 0 Å². The summed E-state index contributed by atoms with van der Waals surface area (Å²) in [7, 11) is 0. The maximum absolute atomic E-state index is 14.1. The second-order valence-corrected chi connectivity index (χ2v) is 9.93. The zero-order valence-corrected chi connectivity index (χ0v) is 20.7. The molecule has 4 nitrogen and oxygen atoms in total. The number of aromatic nitrogens is 2. The van der Waals surface area contributed by atoms with E-state index in [0.717, 1.165) is 37.1 Å². The van der Waals surface area contributed by atoms with Gasteiger partial charge in [0.25, 0.3) is 0 Å². The highest BCUT2D eigenvalue weighted by Gasteiger charge is 2.31. The molecule has 1 atom stereocenters. The molecule has 1 aromatic heterocycles. The van der Waals surface area contributed by atoms with Gasteiger partial charge in [-0.2, -0.15) is 5.10 Å². The van der Waals surface area contributed by atoms with Gasteiger partial charge < -0.3 is 4.90 Å². The zero-order chi connectivity index (χ0) is 23.5. The number of benzene rings is 2. The third-order valence-electron chi connectivity index (χ3n) is 6.94. The molecule has 174 valence electrons. The summed E-state index contributed by atoms with van der Waals surface area (Å²) in [6.45, 7) is 12.3. The number of carbonyl (C=O) groups is 1. The summed E-state index contributed by atoms with van der Waals surface area (Å²) in [5.74, 6) is 1.01. The molecule has 4 rings (SSSR count). The number of hydrogen-bond acceptors (Lipinski definition) is 2. The molecule has 0 fully saturated rings. The Bertz CT molecular complexity index is 1090. The fourth-order valence-corrected chi connectivity index (χ4v) is 4.80. The number of carbonyl (C=O) groups excluding carboxylic acids is 1. The van der Waals surface area contributed by atoms with Gasteiger partial charge in [-0.15, -0.1) is 0 Å². The maximum atomic E-state index is 14.1. The summed E-state index contributed by atoms with van der Waals surface area (Å²) < 4.78 is 1.92. The van der Waals surface area contributed by atoms with E-state index in [1.807, 2.05) is 15.8 Å². The quantitative estimate of drug-likeness (QED) is 0.402. The van der Waals surface area contributed by atoms with Crippen LogP contribution in [0.15, 0.2) is 54.9 Å². The fraction of sp³-hybridized carbons (Fsp3) is 0.448. The fourth-order valence-electron chi connectivity index (χ4n) is 4.80. The van der Waals surface area contributed by atoms with Gasteiger partial charge in [-0.05, 0) is 72.4 Å². The minimum absolute atomic E-state index is 0.0987. The SMILES string of the molecule is CCn1cc(CN(C(=O)C2CCCc3ccc(C(C)C)cc32)c2ccc(C(C)C)cc2)cn1. The molecule has 33 heavy (non-hydrogen) atoms. The number of nitrogens with zero attached hydrogens (tertiary/aromatic N) is 3. The lowest BCUT2D eigenvalue weighted by Crippen LogP contribution is -2.36. The topological polar surface area (TPSA) is 38.1 Å². The van der Waals surface area contributed by atoms with Crippen LogP contribution in [0.5, 0.6) is 0 Å². The first-order chi connectivity index (χ1) is 15.9.